The van der Waals surface area contributed by atoms with Crippen molar-refractivity contribution in [1.82, 2.24) is 0 Å². The van der Waals surface area contributed by atoms with Crippen molar-refractivity contribution in [2.75, 3.05) is 0 Å². The van der Waals surface area contributed by atoms with E-state index in [0.717, 1.165) is 10.5 Å². The summed E-state index contributed by atoms with van der Waals surface area (Å²) in [6.07, 6.45) is 3.31. The Labute approximate surface area is 77.5 Å². The van der Waals surface area contributed by atoms with Crippen molar-refractivity contribution in [3.63, 3.8) is 0 Å². The first-order valence-corrected chi connectivity index (χ1v) is 3.99. The van der Waals surface area contributed by atoms with Gasteiger partial charge in [-0.15, -0.1) is 12.6 Å². The summed E-state index contributed by atoms with van der Waals surface area (Å²) >= 11 is 4.24. The number of benzene rings is 1. The van der Waals surface area contributed by atoms with Gasteiger partial charge in [-0.3, -0.25) is 0 Å². The monoisotopic (exact) mass is 178 g/mol. The number of allylic oxidation sites excluding steroid dienone is 1. The second-order valence-corrected chi connectivity index (χ2v) is 2.87. The smallest absolute Gasteiger partial charge is 0.108 e. The zero-order valence-electron chi connectivity index (χ0n) is 6.57. The largest absolute Gasteiger partial charge is 0.509 e. The molecule has 0 bridgehead atoms. The molecule has 0 saturated heterocycles. The van der Waals surface area contributed by atoms with Gasteiger partial charge in [-0.05, 0) is 17.7 Å². The van der Waals surface area contributed by atoms with Crippen LogP contribution in [0.4, 0.5) is 0 Å². The van der Waals surface area contributed by atoms with E-state index in [0.29, 0.717) is 0 Å². The molecule has 1 nitrogen and oxygen atoms in total. The summed E-state index contributed by atoms with van der Waals surface area (Å²) in [6, 6.07) is 7.64. The molecule has 0 saturated carbocycles. The Hall–Kier alpha value is -1.15. The lowest BCUT2D eigenvalue weighted by molar-refractivity contribution is 0.436. The minimum absolute atomic E-state index is 0.0478. The van der Waals surface area contributed by atoms with Gasteiger partial charge in [0, 0.05) is 4.90 Å². The lowest BCUT2D eigenvalue weighted by atomic mass is 10.2. The molecule has 0 spiro atoms. The van der Waals surface area contributed by atoms with Crippen LogP contribution in [0.15, 0.2) is 47.6 Å². The van der Waals surface area contributed by atoms with E-state index in [9.17, 15) is 0 Å². The first-order valence-electron chi connectivity index (χ1n) is 3.54. The third-order valence-electron chi connectivity index (χ3n) is 1.39. The maximum atomic E-state index is 8.80. The zero-order chi connectivity index (χ0) is 8.97. The topological polar surface area (TPSA) is 20.2 Å². The molecule has 0 fully saturated rings. The number of rotatable bonds is 2. The lowest BCUT2D eigenvalue weighted by Gasteiger charge is -1.96. The SMILES string of the molecule is C=C(O)/C=C/c1ccccc1S. The minimum atomic E-state index is 0.0478. The molecule has 0 aliphatic carbocycles. The summed E-state index contributed by atoms with van der Waals surface area (Å²) in [4.78, 5) is 0.884. The molecule has 12 heavy (non-hydrogen) atoms. The molecular weight excluding hydrogens is 168 g/mol. The van der Waals surface area contributed by atoms with Gasteiger partial charge in [0.1, 0.15) is 5.76 Å². The second kappa shape index (κ2) is 4.02. The highest BCUT2D eigenvalue weighted by Gasteiger charge is 1.90. The molecule has 1 aromatic carbocycles. The predicted molar refractivity (Wildman–Crippen MR) is 54.5 cm³/mol. The number of hydrogen-bond acceptors (Lipinski definition) is 2. The van der Waals surface area contributed by atoms with E-state index in [1.54, 1.807) is 6.08 Å². The Bertz CT molecular complexity index is 315. The van der Waals surface area contributed by atoms with Gasteiger partial charge in [0.05, 0.1) is 0 Å². The maximum absolute atomic E-state index is 8.80. The van der Waals surface area contributed by atoms with Gasteiger partial charge in [0.25, 0.3) is 0 Å². The van der Waals surface area contributed by atoms with Crippen LogP contribution in [-0.4, -0.2) is 5.11 Å². The van der Waals surface area contributed by atoms with Crippen molar-refractivity contribution < 1.29 is 5.11 Å². The Kier molecular flexibility index (Phi) is 3.00. The van der Waals surface area contributed by atoms with Crippen LogP contribution in [0.5, 0.6) is 0 Å². The quantitative estimate of drug-likeness (QED) is 0.405. The van der Waals surface area contributed by atoms with Crippen LogP contribution in [0.3, 0.4) is 0 Å². The zero-order valence-corrected chi connectivity index (χ0v) is 7.46. The van der Waals surface area contributed by atoms with Crippen molar-refractivity contribution in [3.8, 4) is 0 Å². The summed E-state index contributed by atoms with van der Waals surface area (Å²) in [7, 11) is 0. The van der Waals surface area contributed by atoms with Crippen LogP contribution in [0.2, 0.25) is 0 Å². The van der Waals surface area contributed by atoms with Gasteiger partial charge in [-0.1, -0.05) is 30.9 Å². The highest BCUT2D eigenvalue weighted by Crippen LogP contribution is 2.14. The van der Waals surface area contributed by atoms with Crippen molar-refractivity contribution in [2.24, 2.45) is 0 Å². The number of aliphatic hydroxyl groups is 1. The average Bonchev–Trinajstić information content (AvgIpc) is 2.03. The summed E-state index contributed by atoms with van der Waals surface area (Å²) in [5, 5.41) is 8.80. The van der Waals surface area contributed by atoms with Crippen LogP contribution < -0.4 is 0 Å². The second-order valence-electron chi connectivity index (χ2n) is 2.38. The van der Waals surface area contributed by atoms with Gasteiger partial charge in [0.2, 0.25) is 0 Å². The Morgan fingerprint density at radius 2 is 2.08 bits per heavy atom. The van der Waals surface area contributed by atoms with E-state index in [1.807, 2.05) is 24.3 Å². The van der Waals surface area contributed by atoms with Crippen molar-refractivity contribution in [1.29, 1.82) is 0 Å². The van der Waals surface area contributed by atoms with Crippen LogP contribution in [-0.2, 0) is 0 Å². The fraction of sp³-hybridized carbons (Fsp3) is 0. The van der Waals surface area contributed by atoms with Gasteiger partial charge in [0.15, 0.2) is 0 Å². The number of thiol groups is 1. The van der Waals surface area contributed by atoms with Crippen LogP contribution in [0.25, 0.3) is 6.08 Å². The minimum Gasteiger partial charge on any atom is -0.509 e. The molecule has 0 unspecified atom stereocenters. The van der Waals surface area contributed by atoms with Crippen LogP contribution >= 0.6 is 12.6 Å². The number of hydrogen-bond donors (Lipinski definition) is 2. The summed E-state index contributed by atoms with van der Waals surface area (Å²) < 4.78 is 0. The molecule has 0 radical (unpaired) electrons. The molecule has 0 atom stereocenters. The molecular formula is C10H10OS. The number of aliphatic hydroxyl groups excluding tert-OH is 1. The fourth-order valence-electron chi connectivity index (χ4n) is 0.814. The Balaban J connectivity index is 2.89. The molecule has 1 aromatic rings. The lowest BCUT2D eigenvalue weighted by Crippen LogP contribution is -1.75. The van der Waals surface area contributed by atoms with Crippen molar-refractivity contribution in [2.45, 2.75) is 4.90 Å². The summed E-state index contributed by atoms with van der Waals surface area (Å²) in [5.74, 6) is 0.0478. The first kappa shape index (κ1) is 8.94. The van der Waals surface area contributed by atoms with E-state index in [4.69, 9.17) is 5.11 Å². The average molecular weight is 178 g/mol. The normalized spacial score (nSPS) is 10.4. The van der Waals surface area contributed by atoms with Crippen molar-refractivity contribution in [3.05, 3.63) is 48.2 Å². The van der Waals surface area contributed by atoms with Gasteiger partial charge >= 0.3 is 0 Å². The molecule has 2 heteroatoms. The predicted octanol–water partition coefficient (Wildman–Crippen LogP) is 3.06. The molecule has 1 rings (SSSR count). The fourth-order valence-corrected chi connectivity index (χ4v) is 1.05. The first-order chi connectivity index (χ1) is 5.70. The van der Waals surface area contributed by atoms with E-state index in [2.05, 4.69) is 19.2 Å². The Morgan fingerprint density at radius 3 is 2.67 bits per heavy atom. The van der Waals surface area contributed by atoms with E-state index in [-0.39, 0.29) is 5.76 Å². The molecule has 0 aliphatic rings. The summed E-state index contributed by atoms with van der Waals surface area (Å²) in [6.45, 7) is 3.34. The standard InChI is InChI=1S/C10H10OS/c1-8(11)6-7-9-4-2-3-5-10(9)12/h2-7,11-12H,1H2/b7-6+. The highest BCUT2D eigenvalue weighted by molar-refractivity contribution is 7.80. The molecule has 0 amide bonds. The molecule has 1 N–H and O–H groups in total. The van der Waals surface area contributed by atoms with Gasteiger partial charge < -0.3 is 5.11 Å². The Morgan fingerprint density at radius 1 is 1.42 bits per heavy atom. The van der Waals surface area contributed by atoms with Gasteiger partial charge in [-0.25, -0.2) is 0 Å². The van der Waals surface area contributed by atoms with Crippen molar-refractivity contribution >= 4 is 18.7 Å². The van der Waals surface area contributed by atoms with Crippen LogP contribution in [0, 0.1) is 0 Å². The van der Waals surface area contributed by atoms with E-state index >= 15 is 0 Å². The van der Waals surface area contributed by atoms with Gasteiger partial charge in [-0.2, -0.15) is 0 Å². The highest BCUT2D eigenvalue weighted by atomic mass is 32.1. The van der Waals surface area contributed by atoms with E-state index in [1.165, 1.54) is 6.08 Å². The van der Waals surface area contributed by atoms with E-state index < -0.39 is 0 Å². The maximum Gasteiger partial charge on any atom is 0.108 e. The third kappa shape index (κ3) is 2.47. The molecule has 62 valence electrons. The molecule has 0 aliphatic heterocycles. The third-order valence-corrected chi connectivity index (χ3v) is 1.80. The van der Waals surface area contributed by atoms with Crippen LogP contribution in [0.1, 0.15) is 5.56 Å². The summed E-state index contributed by atoms with van der Waals surface area (Å²) in [5.41, 5.74) is 0.969. The molecule has 0 heterocycles. The molecule has 0 aromatic heterocycles.